The van der Waals surface area contributed by atoms with E-state index in [1.54, 1.807) is 0 Å². The summed E-state index contributed by atoms with van der Waals surface area (Å²) in [6, 6.07) is 5.26. The molecule has 4 N–H and O–H groups in total. The van der Waals surface area contributed by atoms with Gasteiger partial charge in [0.25, 0.3) is 5.92 Å². The van der Waals surface area contributed by atoms with Crippen molar-refractivity contribution in [3.05, 3.63) is 24.3 Å². The minimum Gasteiger partial charge on any atom is -0.369 e. The summed E-state index contributed by atoms with van der Waals surface area (Å²) in [5, 5.41) is 10.3. The standard InChI is InChI=1S/C14H16F5N5S/c15-13(16)5-7-24(8-6-13)12(21)23-11(20)22-9-1-3-10(4-2-9)25-14(17,18)19/h1-4H,5-8H2,(H4,20,21,22,23). The molecular formula is C14H16F5N5S. The Morgan fingerprint density at radius 2 is 1.76 bits per heavy atom. The van der Waals surface area contributed by atoms with Crippen molar-refractivity contribution in [1.29, 1.82) is 5.41 Å². The lowest BCUT2D eigenvalue weighted by molar-refractivity contribution is -0.0436. The number of thioether (sulfide) groups is 1. The lowest BCUT2D eigenvalue weighted by atomic mass is 10.1. The van der Waals surface area contributed by atoms with Crippen molar-refractivity contribution in [2.45, 2.75) is 29.2 Å². The van der Waals surface area contributed by atoms with Crippen LogP contribution in [0.5, 0.6) is 0 Å². The number of nitrogens with two attached hydrogens (primary N) is 1. The first-order valence-corrected chi connectivity index (χ1v) is 8.04. The third kappa shape index (κ3) is 6.40. The molecule has 0 aliphatic carbocycles. The van der Waals surface area contributed by atoms with Gasteiger partial charge in [0.2, 0.25) is 5.96 Å². The van der Waals surface area contributed by atoms with Crippen LogP contribution in [0.25, 0.3) is 0 Å². The van der Waals surface area contributed by atoms with Crippen LogP contribution in [0.2, 0.25) is 0 Å². The smallest absolute Gasteiger partial charge is 0.369 e. The van der Waals surface area contributed by atoms with Gasteiger partial charge < -0.3 is 16.0 Å². The molecule has 0 saturated carbocycles. The number of nitrogens with one attached hydrogen (secondary N) is 2. The Morgan fingerprint density at radius 1 is 1.20 bits per heavy atom. The summed E-state index contributed by atoms with van der Waals surface area (Å²) in [4.78, 5) is 5.26. The lowest BCUT2D eigenvalue weighted by Crippen LogP contribution is -2.46. The number of piperidine rings is 1. The number of anilines is 1. The number of rotatable bonds is 2. The van der Waals surface area contributed by atoms with Crippen LogP contribution in [-0.2, 0) is 0 Å². The van der Waals surface area contributed by atoms with Crippen LogP contribution in [0.1, 0.15) is 12.8 Å². The van der Waals surface area contributed by atoms with Gasteiger partial charge in [-0.3, -0.25) is 5.41 Å². The number of alkyl halides is 5. The fraction of sp³-hybridized carbons (Fsp3) is 0.429. The molecular weight excluding hydrogens is 365 g/mol. The van der Waals surface area contributed by atoms with Crippen LogP contribution in [0, 0.1) is 5.41 Å². The number of nitrogens with zero attached hydrogens (tertiary/aromatic N) is 2. The van der Waals surface area contributed by atoms with Gasteiger partial charge in [0.05, 0.1) is 0 Å². The van der Waals surface area contributed by atoms with Gasteiger partial charge in [0.15, 0.2) is 5.96 Å². The van der Waals surface area contributed by atoms with Gasteiger partial charge >= 0.3 is 5.51 Å². The molecule has 1 aromatic carbocycles. The SMILES string of the molecule is N=C(N=C(N)N1CCC(F)(F)CC1)Nc1ccc(SC(F)(F)F)cc1. The summed E-state index contributed by atoms with van der Waals surface area (Å²) in [6.07, 6.45) is -0.662. The number of hydrogen-bond donors (Lipinski definition) is 3. The van der Waals surface area contributed by atoms with E-state index in [-0.39, 0.29) is 54.5 Å². The molecule has 25 heavy (non-hydrogen) atoms. The highest BCUT2D eigenvalue weighted by molar-refractivity contribution is 8.00. The minimum absolute atomic E-state index is 0.0156. The van der Waals surface area contributed by atoms with Gasteiger partial charge in [0.1, 0.15) is 0 Å². The molecule has 0 radical (unpaired) electrons. The first-order valence-electron chi connectivity index (χ1n) is 7.22. The number of benzene rings is 1. The third-order valence-corrected chi connectivity index (χ3v) is 4.14. The average molecular weight is 381 g/mol. The highest BCUT2D eigenvalue weighted by atomic mass is 32.2. The molecule has 2 rings (SSSR count). The molecule has 1 aliphatic rings. The quantitative estimate of drug-likeness (QED) is 0.316. The molecule has 0 unspecified atom stereocenters. The molecule has 1 heterocycles. The topological polar surface area (TPSA) is 77.5 Å². The van der Waals surface area contributed by atoms with E-state index >= 15 is 0 Å². The van der Waals surface area contributed by atoms with Gasteiger partial charge in [-0.05, 0) is 36.0 Å². The van der Waals surface area contributed by atoms with E-state index in [0.29, 0.717) is 5.69 Å². The summed E-state index contributed by atoms with van der Waals surface area (Å²) in [5.41, 5.74) is 1.70. The summed E-state index contributed by atoms with van der Waals surface area (Å²) >= 11 is -0.239. The second-order valence-corrected chi connectivity index (χ2v) is 6.50. The number of hydrogen-bond acceptors (Lipinski definition) is 2. The predicted molar refractivity (Wildman–Crippen MR) is 87.1 cm³/mol. The van der Waals surface area contributed by atoms with E-state index in [1.165, 1.54) is 29.2 Å². The third-order valence-electron chi connectivity index (χ3n) is 3.40. The molecule has 1 aliphatic heterocycles. The molecule has 0 aromatic heterocycles. The Hall–Kier alpha value is -2.04. The van der Waals surface area contributed by atoms with Crippen LogP contribution in [0.3, 0.4) is 0 Å². The highest BCUT2D eigenvalue weighted by Gasteiger charge is 2.34. The highest BCUT2D eigenvalue weighted by Crippen LogP contribution is 2.37. The number of aliphatic imine (C=N–C) groups is 1. The van der Waals surface area contributed by atoms with Crippen molar-refractivity contribution in [3.8, 4) is 0 Å². The van der Waals surface area contributed by atoms with Gasteiger partial charge in [-0.15, -0.1) is 0 Å². The van der Waals surface area contributed by atoms with E-state index in [9.17, 15) is 22.0 Å². The molecule has 0 spiro atoms. The van der Waals surface area contributed by atoms with Crippen LogP contribution in [-0.4, -0.2) is 41.3 Å². The van der Waals surface area contributed by atoms with Crippen molar-refractivity contribution in [2.24, 2.45) is 10.7 Å². The van der Waals surface area contributed by atoms with Gasteiger partial charge in [-0.25, -0.2) is 8.78 Å². The second kappa shape index (κ2) is 7.46. The molecule has 1 saturated heterocycles. The van der Waals surface area contributed by atoms with Gasteiger partial charge in [-0.1, -0.05) is 0 Å². The zero-order valence-electron chi connectivity index (χ0n) is 12.9. The van der Waals surface area contributed by atoms with Crippen molar-refractivity contribution in [2.75, 3.05) is 18.4 Å². The van der Waals surface area contributed by atoms with E-state index in [4.69, 9.17) is 11.1 Å². The van der Waals surface area contributed by atoms with E-state index in [2.05, 4.69) is 10.3 Å². The summed E-state index contributed by atoms with van der Waals surface area (Å²) in [6.45, 7) is 0.0813. The first kappa shape index (κ1) is 19.3. The van der Waals surface area contributed by atoms with Crippen LogP contribution in [0.4, 0.5) is 27.6 Å². The monoisotopic (exact) mass is 381 g/mol. The molecule has 138 valence electrons. The molecule has 11 heteroatoms. The van der Waals surface area contributed by atoms with Crippen molar-refractivity contribution in [3.63, 3.8) is 0 Å². The fourth-order valence-electron chi connectivity index (χ4n) is 2.15. The number of halogens is 5. The Kier molecular flexibility index (Phi) is 5.76. The largest absolute Gasteiger partial charge is 0.446 e. The molecule has 0 atom stereocenters. The Bertz CT molecular complexity index is 634. The van der Waals surface area contributed by atoms with Crippen LogP contribution < -0.4 is 11.1 Å². The number of likely N-dealkylation sites (tertiary alicyclic amines) is 1. The maximum absolute atomic E-state index is 13.1. The average Bonchev–Trinajstić information content (AvgIpc) is 2.47. The molecule has 5 nitrogen and oxygen atoms in total. The number of guanidine groups is 2. The summed E-state index contributed by atoms with van der Waals surface area (Å²) in [7, 11) is 0. The zero-order valence-corrected chi connectivity index (χ0v) is 13.7. The molecule has 1 aromatic rings. The molecule has 0 amide bonds. The van der Waals surface area contributed by atoms with Crippen molar-refractivity contribution in [1.82, 2.24) is 4.90 Å². The van der Waals surface area contributed by atoms with Crippen LogP contribution in [0.15, 0.2) is 34.2 Å². The minimum atomic E-state index is -4.37. The predicted octanol–water partition coefficient (Wildman–Crippen LogP) is 3.69. The maximum atomic E-state index is 13.1. The summed E-state index contributed by atoms with van der Waals surface area (Å²) < 4.78 is 62.9. The Balaban J connectivity index is 1.91. The van der Waals surface area contributed by atoms with Crippen molar-refractivity contribution >= 4 is 29.4 Å². The Labute approximate surface area is 145 Å². The summed E-state index contributed by atoms with van der Waals surface area (Å²) in [5.74, 6) is -3.11. The van der Waals surface area contributed by atoms with Crippen molar-refractivity contribution < 1.29 is 22.0 Å². The van der Waals surface area contributed by atoms with Gasteiger partial charge in [-0.2, -0.15) is 18.2 Å². The zero-order chi connectivity index (χ0) is 18.7. The van der Waals surface area contributed by atoms with E-state index < -0.39 is 11.4 Å². The lowest BCUT2D eigenvalue weighted by Gasteiger charge is -2.32. The normalized spacial score (nSPS) is 18.1. The van der Waals surface area contributed by atoms with E-state index in [1.807, 2.05) is 0 Å². The molecule has 1 fully saturated rings. The molecule has 0 bridgehead atoms. The fourth-order valence-corrected chi connectivity index (χ4v) is 2.69. The van der Waals surface area contributed by atoms with E-state index in [0.717, 1.165) is 0 Å². The second-order valence-electron chi connectivity index (χ2n) is 5.36. The van der Waals surface area contributed by atoms with Gasteiger partial charge in [0, 0.05) is 36.5 Å². The van der Waals surface area contributed by atoms with Crippen LogP contribution >= 0.6 is 11.8 Å². The maximum Gasteiger partial charge on any atom is 0.446 e. The first-order chi connectivity index (χ1) is 11.5. The Morgan fingerprint density at radius 3 is 2.28 bits per heavy atom.